The summed E-state index contributed by atoms with van der Waals surface area (Å²) >= 11 is 0. The van der Waals surface area contributed by atoms with Crippen LogP contribution in [0, 0.1) is 5.92 Å². The van der Waals surface area contributed by atoms with Crippen LogP contribution in [0.15, 0.2) is 18.2 Å². The molecule has 0 unspecified atom stereocenters. The first-order valence-electron chi connectivity index (χ1n) is 7.21. The molecule has 3 rings (SSSR count). The standard InChI is InChI=1S/C15H22N4/c1-2-19(9-11-4-3-5-11)10-15-17-13-7-6-12(16)8-14(13)18-15/h6-8,11H,2-5,9-10,16H2,1H3,(H,17,18). The molecule has 102 valence electrons. The second-order valence-corrected chi connectivity index (χ2v) is 5.58. The molecule has 1 aliphatic carbocycles. The molecule has 0 saturated heterocycles. The highest BCUT2D eigenvalue weighted by Crippen LogP contribution is 2.27. The van der Waals surface area contributed by atoms with Crippen LogP contribution in [0.5, 0.6) is 0 Å². The summed E-state index contributed by atoms with van der Waals surface area (Å²) in [5.74, 6) is 1.95. The van der Waals surface area contributed by atoms with Crippen LogP contribution < -0.4 is 5.73 Å². The smallest absolute Gasteiger partial charge is 0.121 e. The van der Waals surface area contributed by atoms with E-state index in [0.29, 0.717) is 0 Å². The molecular weight excluding hydrogens is 236 g/mol. The Labute approximate surface area is 114 Å². The summed E-state index contributed by atoms with van der Waals surface area (Å²) in [6, 6.07) is 5.83. The Morgan fingerprint density at radius 3 is 2.95 bits per heavy atom. The average molecular weight is 258 g/mol. The van der Waals surface area contributed by atoms with Crippen LogP contribution in [0.1, 0.15) is 32.0 Å². The molecule has 0 spiro atoms. The zero-order valence-electron chi connectivity index (χ0n) is 11.5. The van der Waals surface area contributed by atoms with Crippen molar-refractivity contribution >= 4 is 16.7 Å². The van der Waals surface area contributed by atoms with Gasteiger partial charge in [-0.1, -0.05) is 13.3 Å². The number of nitrogens with two attached hydrogens (primary N) is 1. The molecule has 0 amide bonds. The van der Waals surface area contributed by atoms with Gasteiger partial charge in [-0.2, -0.15) is 0 Å². The number of hydrogen-bond acceptors (Lipinski definition) is 3. The number of imidazole rings is 1. The van der Waals surface area contributed by atoms with Crippen molar-refractivity contribution in [3.8, 4) is 0 Å². The zero-order chi connectivity index (χ0) is 13.2. The molecule has 3 N–H and O–H groups in total. The number of aromatic nitrogens is 2. The Morgan fingerprint density at radius 1 is 1.42 bits per heavy atom. The van der Waals surface area contributed by atoms with E-state index in [2.05, 4.69) is 21.8 Å². The normalized spacial score (nSPS) is 16.1. The van der Waals surface area contributed by atoms with Gasteiger partial charge in [0.05, 0.1) is 17.6 Å². The van der Waals surface area contributed by atoms with Crippen LogP contribution in [0.2, 0.25) is 0 Å². The number of nitrogens with zero attached hydrogens (tertiary/aromatic N) is 2. The lowest BCUT2D eigenvalue weighted by atomic mass is 9.85. The van der Waals surface area contributed by atoms with Crippen molar-refractivity contribution in [3.05, 3.63) is 24.0 Å². The number of nitrogens with one attached hydrogen (secondary N) is 1. The molecule has 19 heavy (non-hydrogen) atoms. The first-order chi connectivity index (χ1) is 9.24. The lowest BCUT2D eigenvalue weighted by Gasteiger charge is -2.31. The molecule has 1 fully saturated rings. The van der Waals surface area contributed by atoms with E-state index in [4.69, 9.17) is 5.73 Å². The van der Waals surface area contributed by atoms with Gasteiger partial charge < -0.3 is 10.7 Å². The Bertz CT molecular complexity index is 556. The second kappa shape index (κ2) is 5.21. The quantitative estimate of drug-likeness (QED) is 0.811. The number of rotatable bonds is 5. The molecule has 2 aromatic rings. The lowest BCUT2D eigenvalue weighted by Crippen LogP contribution is -2.32. The number of fused-ring (bicyclic) bond motifs is 1. The molecule has 4 nitrogen and oxygen atoms in total. The highest BCUT2D eigenvalue weighted by Gasteiger charge is 2.20. The van der Waals surface area contributed by atoms with E-state index in [0.717, 1.165) is 41.6 Å². The highest BCUT2D eigenvalue weighted by atomic mass is 15.1. The summed E-state index contributed by atoms with van der Waals surface area (Å²) in [5, 5.41) is 0. The van der Waals surface area contributed by atoms with Gasteiger partial charge in [-0.3, -0.25) is 4.90 Å². The van der Waals surface area contributed by atoms with Crippen LogP contribution in [0.25, 0.3) is 11.0 Å². The third-order valence-corrected chi connectivity index (χ3v) is 4.12. The average Bonchev–Trinajstić information content (AvgIpc) is 2.73. The SMILES string of the molecule is CCN(Cc1nc2ccc(N)cc2[nH]1)CC1CCC1. The van der Waals surface area contributed by atoms with E-state index in [1.165, 1.54) is 25.8 Å². The van der Waals surface area contributed by atoms with Crippen molar-refractivity contribution < 1.29 is 0 Å². The maximum absolute atomic E-state index is 5.79. The minimum Gasteiger partial charge on any atom is -0.399 e. The number of benzene rings is 1. The maximum atomic E-state index is 5.79. The first kappa shape index (κ1) is 12.5. The van der Waals surface area contributed by atoms with Crippen molar-refractivity contribution in [3.63, 3.8) is 0 Å². The summed E-state index contributed by atoms with van der Waals surface area (Å²) < 4.78 is 0. The molecule has 0 bridgehead atoms. The monoisotopic (exact) mass is 258 g/mol. The third kappa shape index (κ3) is 2.73. The predicted molar refractivity (Wildman–Crippen MR) is 78.8 cm³/mol. The predicted octanol–water partition coefficient (Wildman–Crippen LogP) is 2.77. The van der Waals surface area contributed by atoms with E-state index in [1.807, 2.05) is 18.2 Å². The van der Waals surface area contributed by atoms with Gasteiger partial charge in [0, 0.05) is 12.2 Å². The van der Waals surface area contributed by atoms with Gasteiger partial charge in [0.15, 0.2) is 0 Å². The molecule has 1 saturated carbocycles. The summed E-state index contributed by atoms with van der Waals surface area (Å²) in [7, 11) is 0. The second-order valence-electron chi connectivity index (χ2n) is 5.58. The van der Waals surface area contributed by atoms with E-state index >= 15 is 0 Å². The van der Waals surface area contributed by atoms with Gasteiger partial charge in [-0.15, -0.1) is 0 Å². The molecule has 0 radical (unpaired) electrons. The Kier molecular flexibility index (Phi) is 3.42. The number of aromatic amines is 1. The maximum Gasteiger partial charge on any atom is 0.121 e. The molecule has 1 aromatic heterocycles. The van der Waals surface area contributed by atoms with Gasteiger partial charge in [0.2, 0.25) is 0 Å². The van der Waals surface area contributed by atoms with E-state index in [1.54, 1.807) is 0 Å². The Morgan fingerprint density at radius 2 is 2.26 bits per heavy atom. The summed E-state index contributed by atoms with van der Waals surface area (Å²) in [4.78, 5) is 10.5. The summed E-state index contributed by atoms with van der Waals surface area (Å²) in [5.41, 5.74) is 8.62. The fraction of sp³-hybridized carbons (Fsp3) is 0.533. The van der Waals surface area contributed by atoms with Crippen LogP contribution in [-0.4, -0.2) is 28.0 Å². The number of H-pyrrole nitrogens is 1. The molecule has 1 heterocycles. The summed E-state index contributed by atoms with van der Waals surface area (Å²) in [6.07, 6.45) is 4.20. The van der Waals surface area contributed by atoms with Gasteiger partial charge >= 0.3 is 0 Å². The fourth-order valence-corrected chi connectivity index (χ4v) is 2.71. The highest BCUT2D eigenvalue weighted by molar-refractivity contribution is 5.78. The number of anilines is 1. The lowest BCUT2D eigenvalue weighted by molar-refractivity contribution is 0.175. The van der Waals surface area contributed by atoms with Crippen LogP contribution in [-0.2, 0) is 6.54 Å². The van der Waals surface area contributed by atoms with Crippen molar-refractivity contribution in [2.45, 2.75) is 32.7 Å². The van der Waals surface area contributed by atoms with E-state index in [-0.39, 0.29) is 0 Å². The van der Waals surface area contributed by atoms with Crippen molar-refractivity contribution in [2.24, 2.45) is 5.92 Å². The van der Waals surface area contributed by atoms with Crippen molar-refractivity contribution in [2.75, 3.05) is 18.8 Å². The van der Waals surface area contributed by atoms with Gasteiger partial charge in [0.25, 0.3) is 0 Å². The van der Waals surface area contributed by atoms with Crippen LogP contribution in [0.3, 0.4) is 0 Å². The summed E-state index contributed by atoms with van der Waals surface area (Å²) in [6.45, 7) is 5.41. The molecule has 0 aliphatic heterocycles. The largest absolute Gasteiger partial charge is 0.399 e. The Hall–Kier alpha value is -1.55. The molecule has 1 aliphatic rings. The van der Waals surface area contributed by atoms with Gasteiger partial charge in [0.1, 0.15) is 5.82 Å². The van der Waals surface area contributed by atoms with Crippen molar-refractivity contribution in [1.82, 2.24) is 14.9 Å². The minimum atomic E-state index is 0.782. The fourth-order valence-electron chi connectivity index (χ4n) is 2.71. The molecule has 0 atom stereocenters. The molecule has 4 heteroatoms. The van der Waals surface area contributed by atoms with Gasteiger partial charge in [-0.25, -0.2) is 4.98 Å². The Balaban J connectivity index is 1.71. The first-order valence-corrected chi connectivity index (χ1v) is 7.21. The zero-order valence-corrected chi connectivity index (χ0v) is 11.5. The molecular formula is C15H22N4. The number of nitrogen functional groups attached to an aromatic ring is 1. The number of hydrogen-bond donors (Lipinski definition) is 2. The van der Waals surface area contributed by atoms with E-state index in [9.17, 15) is 0 Å². The topological polar surface area (TPSA) is 57.9 Å². The third-order valence-electron chi connectivity index (χ3n) is 4.12. The van der Waals surface area contributed by atoms with Crippen molar-refractivity contribution in [1.29, 1.82) is 0 Å². The minimum absolute atomic E-state index is 0.782. The molecule has 1 aromatic carbocycles. The van der Waals surface area contributed by atoms with Crippen LogP contribution >= 0.6 is 0 Å². The van der Waals surface area contributed by atoms with Crippen LogP contribution in [0.4, 0.5) is 5.69 Å². The van der Waals surface area contributed by atoms with Gasteiger partial charge in [-0.05, 0) is 43.5 Å². The van der Waals surface area contributed by atoms with E-state index < -0.39 is 0 Å².